The first-order valence-electron chi connectivity index (χ1n) is 7.83. The van der Waals surface area contributed by atoms with Crippen LogP contribution >= 0.6 is 0 Å². The summed E-state index contributed by atoms with van der Waals surface area (Å²) in [7, 11) is 2.00. The monoisotopic (exact) mass is 313 g/mol. The lowest BCUT2D eigenvalue weighted by Gasteiger charge is -2.13. The second-order valence-electron chi connectivity index (χ2n) is 5.75. The Hall–Kier alpha value is -2.36. The van der Waals surface area contributed by atoms with Gasteiger partial charge in [0.2, 0.25) is 0 Å². The summed E-state index contributed by atoms with van der Waals surface area (Å²) in [6.07, 6.45) is 1.85. The molecule has 0 fully saturated rings. The summed E-state index contributed by atoms with van der Waals surface area (Å²) < 4.78 is 13.2. The molecule has 0 atom stereocenters. The molecular weight excluding hydrogens is 289 g/mol. The molecular formula is C19H24FN3. The molecule has 0 aliphatic carbocycles. The molecule has 3 nitrogen and oxygen atoms in total. The number of aryl methyl sites for hydroxylation is 2. The van der Waals surface area contributed by atoms with Gasteiger partial charge in [0, 0.05) is 25.8 Å². The van der Waals surface area contributed by atoms with E-state index in [1.54, 1.807) is 12.1 Å². The van der Waals surface area contributed by atoms with Crippen LogP contribution in [-0.2, 0) is 6.54 Å². The van der Waals surface area contributed by atoms with Gasteiger partial charge < -0.3 is 10.2 Å². The van der Waals surface area contributed by atoms with Crippen molar-refractivity contribution in [3.8, 4) is 0 Å². The van der Waals surface area contributed by atoms with Crippen LogP contribution in [0, 0.1) is 19.7 Å². The second kappa shape index (κ2) is 7.77. The van der Waals surface area contributed by atoms with Gasteiger partial charge in [0.1, 0.15) is 5.82 Å². The maximum atomic E-state index is 13.2. The minimum absolute atomic E-state index is 0.207. The maximum absolute atomic E-state index is 13.2. The summed E-state index contributed by atoms with van der Waals surface area (Å²) in [5.74, 6) is -0.207. The SMILES string of the molecule is CCN(C)C=Nc1cc(C)c(NCc2cccc(F)c2)cc1C. The zero-order valence-corrected chi connectivity index (χ0v) is 14.2. The zero-order valence-electron chi connectivity index (χ0n) is 14.2. The van der Waals surface area contributed by atoms with Crippen molar-refractivity contribution in [1.29, 1.82) is 0 Å². The smallest absolute Gasteiger partial charge is 0.123 e. The molecule has 0 spiro atoms. The van der Waals surface area contributed by atoms with E-state index in [0.29, 0.717) is 6.54 Å². The molecule has 0 saturated heterocycles. The third kappa shape index (κ3) is 4.81. The largest absolute Gasteiger partial charge is 0.381 e. The Morgan fingerprint density at radius 3 is 2.65 bits per heavy atom. The van der Waals surface area contributed by atoms with Crippen molar-refractivity contribution in [3.05, 3.63) is 58.9 Å². The predicted molar refractivity (Wildman–Crippen MR) is 96.1 cm³/mol. The Labute approximate surface area is 137 Å². The molecule has 0 amide bonds. The minimum atomic E-state index is -0.207. The van der Waals surface area contributed by atoms with Crippen LogP contribution in [0.3, 0.4) is 0 Å². The van der Waals surface area contributed by atoms with Crippen LogP contribution in [0.2, 0.25) is 0 Å². The van der Waals surface area contributed by atoms with Gasteiger partial charge in [0.05, 0.1) is 12.0 Å². The van der Waals surface area contributed by atoms with Gasteiger partial charge in [0.15, 0.2) is 0 Å². The highest BCUT2D eigenvalue weighted by atomic mass is 19.1. The Morgan fingerprint density at radius 1 is 1.17 bits per heavy atom. The second-order valence-corrected chi connectivity index (χ2v) is 5.75. The van der Waals surface area contributed by atoms with Crippen molar-refractivity contribution in [2.45, 2.75) is 27.3 Å². The number of anilines is 1. The summed E-state index contributed by atoms with van der Waals surface area (Å²) in [5, 5.41) is 3.37. The minimum Gasteiger partial charge on any atom is -0.381 e. The lowest BCUT2D eigenvalue weighted by Crippen LogP contribution is -2.14. The standard InChI is InChI=1S/C19H24FN3/c1-5-23(4)13-22-19-10-14(2)18(9-15(19)3)21-12-16-7-6-8-17(20)11-16/h6-11,13,21H,5,12H2,1-4H3. The first-order valence-corrected chi connectivity index (χ1v) is 7.83. The molecule has 0 bridgehead atoms. The van der Waals surface area contributed by atoms with Gasteiger partial charge in [-0.05, 0) is 61.7 Å². The Kier molecular flexibility index (Phi) is 5.74. The third-order valence-corrected chi connectivity index (χ3v) is 3.81. The van der Waals surface area contributed by atoms with Crippen molar-refractivity contribution >= 4 is 17.7 Å². The highest BCUT2D eigenvalue weighted by molar-refractivity contribution is 5.67. The van der Waals surface area contributed by atoms with Crippen LogP contribution in [-0.4, -0.2) is 24.8 Å². The number of nitrogens with zero attached hydrogens (tertiary/aromatic N) is 2. The molecule has 2 aromatic rings. The van der Waals surface area contributed by atoms with E-state index in [4.69, 9.17) is 0 Å². The average Bonchev–Trinajstić information content (AvgIpc) is 2.53. The van der Waals surface area contributed by atoms with Crippen LogP contribution in [0.4, 0.5) is 15.8 Å². The normalized spacial score (nSPS) is 11.0. The van der Waals surface area contributed by atoms with E-state index in [0.717, 1.165) is 34.6 Å². The molecule has 0 aromatic heterocycles. The van der Waals surface area contributed by atoms with Gasteiger partial charge >= 0.3 is 0 Å². The third-order valence-electron chi connectivity index (χ3n) is 3.81. The van der Waals surface area contributed by atoms with Crippen LogP contribution in [0.1, 0.15) is 23.6 Å². The first-order chi connectivity index (χ1) is 11.0. The lowest BCUT2D eigenvalue weighted by atomic mass is 10.1. The average molecular weight is 313 g/mol. The van der Waals surface area contributed by atoms with Crippen LogP contribution in [0.5, 0.6) is 0 Å². The Morgan fingerprint density at radius 2 is 1.96 bits per heavy atom. The predicted octanol–water partition coefficient (Wildman–Crippen LogP) is 4.67. The summed E-state index contributed by atoms with van der Waals surface area (Å²) in [6, 6.07) is 10.8. The number of aliphatic imine (C=N–C) groups is 1. The van der Waals surface area contributed by atoms with E-state index < -0.39 is 0 Å². The molecule has 0 aliphatic heterocycles. The van der Waals surface area contributed by atoms with Crippen molar-refractivity contribution in [1.82, 2.24) is 4.90 Å². The Balaban J connectivity index is 2.12. The molecule has 0 heterocycles. The molecule has 0 aliphatic rings. The maximum Gasteiger partial charge on any atom is 0.123 e. The van der Waals surface area contributed by atoms with Crippen LogP contribution < -0.4 is 5.32 Å². The Bertz CT molecular complexity index is 695. The van der Waals surface area contributed by atoms with Crippen molar-refractivity contribution < 1.29 is 4.39 Å². The quantitative estimate of drug-likeness (QED) is 0.620. The number of hydrogen-bond acceptors (Lipinski definition) is 2. The van der Waals surface area contributed by atoms with E-state index >= 15 is 0 Å². The molecule has 2 aromatic carbocycles. The van der Waals surface area contributed by atoms with Gasteiger partial charge in [-0.2, -0.15) is 0 Å². The van der Waals surface area contributed by atoms with E-state index in [-0.39, 0.29) is 5.82 Å². The molecule has 0 radical (unpaired) electrons. The molecule has 4 heteroatoms. The van der Waals surface area contributed by atoms with Gasteiger partial charge in [-0.3, -0.25) is 0 Å². The van der Waals surface area contributed by atoms with E-state index in [2.05, 4.69) is 36.3 Å². The summed E-state index contributed by atoms with van der Waals surface area (Å²) in [6.45, 7) is 7.71. The summed E-state index contributed by atoms with van der Waals surface area (Å²) >= 11 is 0. The van der Waals surface area contributed by atoms with Gasteiger partial charge in [-0.15, -0.1) is 0 Å². The van der Waals surface area contributed by atoms with Crippen molar-refractivity contribution in [3.63, 3.8) is 0 Å². The van der Waals surface area contributed by atoms with Gasteiger partial charge in [-0.25, -0.2) is 9.38 Å². The number of halogens is 1. The fourth-order valence-electron chi connectivity index (χ4n) is 2.22. The fourth-order valence-corrected chi connectivity index (χ4v) is 2.22. The number of nitrogens with one attached hydrogen (secondary N) is 1. The fraction of sp³-hybridized carbons (Fsp3) is 0.316. The molecule has 0 unspecified atom stereocenters. The highest BCUT2D eigenvalue weighted by Gasteiger charge is 2.04. The first kappa shape index (κ1) is 17.0. The van der Waals surface area contributed by atoms with E-state index in [9.17, 15) is 4.39 Å². The van der Waals surface area contributed by atoms with E-state index in [1.165, 1.54) is 6.07 Å². The van der Waals surface area contributed by atoms with Crippen molar-refractivity contribution in [2.75, 3.05) is 18.9 Å². The molecule has 0 saturated carbocycles. The number of hydrogen-bond donors (Lipinski definition) is 1. The summed E-state index contributed by atoms with van der Waals surface area (Å²) in [5.41, 5.74) is 5.18. The zero-order chi connectivity index (χ0) is 16.8. The number of benzene rings is 2. The van der Waals surface area contributed by atoms with Crippen molar-refractivity contribution in [2.24, 2.45) is 4.99 Å². The van der Waals surface area contributed by atoms with Crippen LogP contribution in [0.25, 0.3) is 0 Å². The molecule has 2 rings (SSSR count). The highest BCUT2D eigenvalue weighted by Crippen LogP contribution is 2.26. The number of rotatable bonds is 6. The van der Waals surface area contributed by atoms with Gasteiger partial charge in [0.25, 0.3) is 0 Å². The van der Waals surface area contributed by atoms with Gasteiger partial charge in [-0.1, -0.05) is 12.1 Å². The summed E-state index contributed by atoms with van der Waals surface area (Å²) in [4.78, 5) is 6.56. The topological polar surface area (TPSA) is 27.6 Å². The lowest BCUT2D eigenvalue weighted by molar-refractivity contribution is 0.552. The molecule has 23 heavy (non-hydrogen) atoms. The van der Waals surface area contributed by atoms with Crippen LogP contribution in [0.15, 0.2) is 41.4 Å². The van der Waals surface area contributed by atoms with E-state index in [1.807, 2.05) is 31.3 Å². The molecule has 122 valence electrons. The molecule has 1 N–H and O–H groups in total.